The maximum absolute atomic E-state index is 13.4. The maximum atomic E-state index is 13.4. The second-order valence-corrected chi connectivity index (χ2v) is 7.69. The van der Waals surface area contributed by atoms with E-state index in [2.05, 4.69) is 14.9 Å². The lowest BCUT2D eigenvalue weighted by molar-refractivity contribution is 0.384. The van der Waals surface area contributed by atoms with E-state index in [0.717, 1.165) is 12.1 Å². The molecular formula is C19H13F2N3O4S. The number of halogens is 2. The van der Waals surface area contributed by atoms with Crippen molar-refractivity contribution < 1.29 is 26.1 Å². The average Bonchev–Trinajstić information content (AvgIpc) is 3.37. The van der Waals surface area contributed by atoms with Crippen LogP contribution in [0.15, 0.2) is 74.7 Å². The molecule has 148 valence electrons. The van der Waals surface area contributed by atoms with Gasteiger partial charge in [-0.15, -0.1) is 0 Å². The van der Waals surface area contributed by atoms with Crippen LogP contribution in [0, 0.1) is 11.6 Å². The number of para-hydroxylation sites is 1. The number of hydrogen-bond donors (Lipinski definition) is 1. The number of hydrogen-bond acceptors (Lipinski definition) is 6. The number of nitrogens with zero attached hydrogens (tertiary/aromatic N) is 2. The fourth-order valence-corrected chi connectivity index (χ4v) is 3.73. The number of benzene rings is 2. The standard InChI is InChI=1S/C19H13F2N3O4S/c20-14-8-7-13(11-15(14)21)29(25,26)24-16-5-2-1-4-12(16)10-18-22-19(23-28-18)17-6-3-9-27-17/h1-9,11,24H,10H2. The predicted molar refractivity (Wildman–Crippen MR) is 98.4 cm³/mol. The summed E-state index contributed by atoms with van der Waals surface area (Å²) in [5, 5.41) is 3.83. The smallest absolute Gasteiger partial charge is 0.262 e. The zero-order valence-corrected chi connectivity index (χ0v) is 15.5. The van der Waals surface area contributed by atoms with Crippen LogP contribution in [0.2, 0.25) is 0 Å². The first-order valence-electron chi connectivity index (χ1n) is 8.34. The first-order valence-corrected chi connectivity index (χ1v) is 9.83. The lowest BCUT2D eigenvalue weighted by atomic mass is 10.1. The molecule has 7 nitrogen and oxygen atoms in total. The number of aromatic nitrogens is 2. The van der Waals surface area contributed by atoms with E-state index < -0.39 is 26.6 Å². The molecule has 4 aromatic rings. The van der Waals surface area contributed by atoms with Gasteiger partial charge in [0.1, 0.15) is 0 Å². The summed E-state index contributed by atoms with van der Waals surface area (Å²) in [7, 11) is -4.14. The third-order valence-corrected chi connectivity index (χ3v) is 5.38. The summed E-state index contributed by atoms with van der Waals surface area (Å²) in [6.45, 7) is 0. The Morgan fingerprint density at radius 2 is 1.83 bits per heavy atom. The molecule has 29 heavy (non-hydrogen) atoms. The van der Waals surface area contributed by atoms with Gasteiger partial charge in [0, 0.05) is 0 Å². The first kappa shape index (κ1) is 18.8. The highest BCUT2D eigenvalue weighted by Gasteiger charge is 2.19. The molecule has 0 amide bonds. The minimum absolute atomic E-state index is 0.143. The molecule has 2 heterocycles. The molecule has 1 N–H and O–H groups in total. The van der Waals surface area contributed by atoms with Crippen LogP contribution in [-0.4, -0.2) is 18.6 Å². The van der Waals surface area contributed by atoms with Crippen LogP contribution in [-0.2, 0) is 16.4 Å². The third-order valence-electron chi connectivity index (χ3n) is 4.01. The summed E-state index contributed by atoms with van der Waals surface area (Å²) >= 11 is 0. The Morgan fingerprint density at radius 1 is 1.00 bits per heavy atom. The molecule has 0 saturated heterocycles. The van der Waals surface area contributed by atoms with Crippen LogP contribution in [0.25, 0.3) is 11.6 Å². The van der Waals surface area contributed by atoms with E-state index in [9.17, 15) is 17.2 Å². The lowest BCUT2D eigenvalue weighted by Crippen LogP contribution is -2.15. The van der Waals surface area contributed by atoms with Gasteiger partial charge in [-0.25, -0.2) is 17.2 Å². The van der Waals surface area contributed by atoms with E-state index in [1.165, 1.54) is 12.3 Å². The summed E-state index contributed by atoms with van der Waals surface area (Å²) in [4.78, 5) is 3.83. The molecule has 0 fully saturated rings. The number of sulfonamides is 1. The van der Waals surface area contributed by atoms with Crippen molar-refractivity contribution in [3.63, 3.8) is 0 Å². The van der Waals surface area contributed by atoms with Gasteiger partial charge in [0.15, 0.2) is 17.4 Å². The van der Waals surface area contributed by atoms with Gasteiger partial charge in [-0.05, 0) is 42.0 Å². The summed E-state index contributed by atoms with van der Waals surface area (Å²) in [6.07, 6.45) is 1.62. The Bertz CT molecular complexity index is 1250. The highest BCUT2D eigenvalue weighted by atomic mass is 32.2. The van der Waals surface area contributed by atoms with Crippen molar-refractivity contribution in [3.8, 4) is 11.6 Å². The van der Waals surface area contributed by atoms with E-state index in [1.54, 1.807) is 30.3 Å². The van der Waals surface area contributed by atoms with Gasteiger partial charge in [0.25, 0.3) is 10.0 Å². The number of rotatable bonds is 6. The molecule has 2 aromatic carbocycles. The van der Waals surface area contributed by atoms with Gasteiger partial charge in [0.2, 0.25) is 11.7 Å². The summed E-state index contributed by atoms with van der Waals surface area (Å²) < 4.78 is 64.5. The maximum Gasteiger partial charge on any atom is 0.262 e. The predicted octanol–water partition coefficient (Wildman–Crippen LogP) is 4.00. The number of furan rings is 1. The molecule has 0 aliphatic carbocycles. The van der Waals surface area contributed by atoms with Crippen molar-refractivity contribution >= 4 is 15.7 Å². The van der Waals surface area contributed by atoms with Crippen LogP contribution >= 0.6 is 0 Å². The fraction of sp³-hybridized carbons (Fsp3) is 0.0526. The Morgan fingerprint density at radius 3 is 2.59 bits per heavy atom. The molecule has 0 unspecified atom stereocenters. The fourth-order valence-electron chi connectivity index (χ4n) is 2.62. The second-order valence-electron chi connectivity index (χ2n) is 6.00. The third kappa shape index (κ3) is 4.02. The SMILES string of the molecule is O=S(=O)(Nc1ccccc1Cc1nc(-c2ccco2)no1)c1ccc(F)c(F)c1. The quantitative estimate of drug-likeness (QED) is 0.509. The van der Waals surface area contributed by atoms with Gasteiger partial charge in [-0.1, -0.05) is 23.4 Å². The van der Waals surface area contributed by atoms with Gasteiger partial charge in [0.05, 0.1) is 23.3 Å². The highest BCUT2D eigenvalue weighted by Crippen LogP contribution is 2.24. The minimum atomic E-state index is -4.14. The second kappa shape index (κ2) is 7.47. The van der Waals surface area contributed by atoms with E-state index in [0.29, 0.717) is 17.4 Å². The minimum Gasteiger partial charge on any atom is -0.461 e. The normalized spacial score (nSPS) is 11.5. The van der Waals surface area contributed by atoms with Gasteiger partial charge < -0.3 is 8.94 Å². The molecule has 4 rings (SSSR count). The zero-order chi connectivity index (χ0) is 20.4. The van der Waals surface area contributed by atoms with Crippen LogP contribution in [0.4, 0.5) is 14.5 Å². The highest BCUT2D eigenvalue weighted by molar-refractivity contribution is 7.92. The molecule has 0 spiro atoms. The summed E-state index contributed by atoms with van der Waals surface area (Å²) in [5.41, 5.74) is 0.795. The Kier molecular flexibility index (Phi) is 4.85. The van der Waals surface area contributed by atoms with Crippen LogP contribution in [0.3, 0.4) is 0 Å². The van der Waals surface area contributed by atoms with E-state index >= 15 is 0 Å². The molecule has 0 radical (unpaired) electrons. The molecule has 0 bridgehead atoms. The van der Waals surface area contributed by atoms with E-state index in [1.807, 2.05) is 0 Å². The van der Waals surface area contributed by atoms with E-state index in [-0.39, 0.29) is 23.8 Å². The molecule has 0 aliphatic heterocycles. The van der Waals surface area contributed by atoms with Gasteiger partial charge in [-0.3, -0.25) is 4.72 Å². The lowest BCUT2D eigenvalue weighted by Gasteiger charge is -2.12. The number of anilines is 1. The molecule has 0 saturated carbocycles. The molecule has 2 aromatic heterocycles. The van der Waals surface area contributed by atoms with Crippen molar-refractivity contribution in [2.75, 3.05) is 4.72 Å². The van der Waals surface area contributed by atoms with E-state index in [4.69, 9.17) is 8.94 Å². The largest absolute Gasteiger partial charge is 0.461 e. The zero-order valence-electron chi connectivity index (χ0n) is 14.7. The molecule has 0 aliphatic rings. The van der Waals surface area contributed by atoms with Gasteiger partial charge in [-0.2, -0.15) is 4.98 Å². The average molecular weight is 417 g/mol. The molecule has 0 atom stereocenters. The monoisotopic (exact) mass is 417 g/mol. The Hall–Kier alpha value is -3.53. The van der Waals surface area contributed by atoms with Crippen LogP contribution in [0.5, 0.6) is 0 Å². The Balaban J connectivity index is 1.59. The van der Waals surface area contributed by atoms with Crippen molar-refractivity contribution in [1.29, 1.82) is 0 Å². The topological polar surface area (TPSA) is 98.2 Å². The molecular weight excluding hydrogens is 404 g/mol. The first-order chi connectivity index (χ1) is 13.9. The van der Waals surface area contributed by atoms with Crippen LogP contribution < -0.4 is 4.72 Å². The molecule has 10 heteroatoms. The van der Waals surface area contributed by atoms with Crippen molar-refractivity contribution in [1.82, 2.24) is 10.1 Å². The van der Waals surface area contributed by atoms with Crippen molar-refractivity contribution in [3.05, 3.63) is 83.9 Å². The van der Waals surface area contributed by atoms with Crippen molar-refractivity contribution in [2.45, 2.75) is 11.3 Å². The number of nitrogens with one attached hydrogen (secondary N) is 1. The summed E-state index contributed by atoms with van der Waals surface area (Å²) in [6, 6.07) is 12.3. The van der Waals surface area contributed by atoms with Gasteiger partial charge >= 0.3 is 0 Å². The van der Waals surface area contributed by atoms with Crippen molar-refractivity contribution in [2.24, 2.45) is 0 Å². The summed E-state index contributed by atoms with van der Waals surface area (Å²) in [5.74, 6) is -1.43. The Labute approximate surface area is 164 Å². The van der Waals surface area contributed by atoms with Crippen LogP contribution in [0.1, 0.15) is 11.5 Å².